The summed E-state index contributed by atoms with van der Waals surface area (Å²) in [7, 11) is 3.03. The summed E-state index contributed by atoms with van der Waals surface area (Å²) in [4.78, 5) is 41.1. The van der Waals surface area contributed by atoms with E-state index in [2.05, 4.69) is 0 Å². The Kier molecular flexibility index (Phi) is 6.35. The summed E-state index contributed by atoms with van der Waals surface area (Å²) >= 11 is 6.16. The van der Waals surface area contributed by atoms with Crippen LogP contribution in [0.1, 0.15) is 45.0 Å². The van der Waals surface area contributed by atoms with Gasteiger partial charge in [0.2, 0.25) is 5.76 Å². The lowest BCUT2D eigenvalue weighted by Gasteiger charge is -2.26. The number of nitrogens with zero attached hydrogens (tertiary/aromatic N) is 1. The van der Waals surface area contributed by atoms with Gasteiger partial charge in [-0.3, -0.25) is 14.5 Å². The van der Waals surface area contributed by atoms with Crippen molar-refractivity contribution in [1.29, 1.82) is 0 Å². The van der Waals surface area contributed by atoms with E-state index >= 15 is 0 Å². The molecule has 1 aromatic heterocycles. The lowest BCUT2D eigenvalue weighted by atomic mass is 9.97. The second-order valence-corrected chi connectivity index (χ2v) is 8.71. The van der Waals surface area contributed by atoms with Gasteiger partial charge in [0.25, 0.3) is 5.91 Å². The number of methoxy groups -OCH3 is 2. The molecule has 1 aliphatic heterocycles. The van der Waals surface area contributed by atoms with Crippen LogP contribution in [-0.2, 0) is 4.74 Å². The molecule has 9 heteroatoms. The van der Waals surface area contributed by atoms with Crippen LogP contribution in [-0.4, -0.2) is 32.7 Å². The molecule has 1 amide bonds. The van der Waals surface area contributed by atoms with Gasteiger partial charge in [-0.1, -0.05) is 17.7 Å². The van der Waals surface area contributed by atoms with Gasteiger partial charge in [0.1, 0.15) is 5.58 Å². The summed E-state index contributed by atoms with van der Waals surface area (Å²) in [6.07, 6.45) is 0. The fraction of sp³-hybridized carbons (Fsp3) is 0.179. The molecule has 0 fully saturated rings. The first-order valence-corrected chi connectivity index (χ1v) is 11.8. The highest BCUT2D eigenvalue weighted by molar-refractivity contribution is 6.31. The van der Waals surface area contributed by atoms with Crippen LogP contribution >= 0.6 is 11.6 Å². The van der Waals surface area contributed by atoms with Gasteiger partial charge in [-0.15, -0.1) is 0 Å². The summed E-state index contributed by atoms with van der Waals surface area (Å²) in [5.74, 6) is -0.0895. The monoisotopic (exact) mass is 519 g/mol. The lowest BCUT2D eigenvalue weighted by molar-refractivity contribution is 0.0526. The van der Waals surface area contributed by atoms with Crippen molar-refractivity contribution in [1.82, 2.24) is 0 Å². The molecule has 1 aliphatic rings. The molecule has 8 nitrogen and oxygen atoms in total. The Labute approximate surface area is 216 Å². The van der Waals surface area contributed by atoms with Crippen LogP contribution in [0.15, 0.2) is 69.9 Å². The maximum absolute atomic E-state index is 13.8. The van der Waals surface area contributed by atoms with Crippen LogP contribution in [0.3, 0.4) is 0 Å². The van der Waals surface area contributed by atoms with Crippen LogP contribution in [0.2, 0.25) is 5.02 Å². The first-order valence-electron chi connectivity index (χ1n) is 11.5. The molecule has 0 bridgehead atoms. The summed E-state index contributed by atoms with van der Waals surface area (Å²) in [5.41, 5.74) is 1.48. The van der Waals surface area contributed by atoms with Gasteiger partial charge >= 0.3 is 5.97 Å². The molecular formula is C28H22ClNO7. The molecule has 3 aromatic carbocycles. The molecule has 0 saturated carbocycles. The summed E-state index contributed by atoms with van der Waals surface area (Å²) in [5, 5.41) is 0.641. The quantitative estimate of drug-likeness (QED) is 0.315. The van der Waals surface area contributed by atoms with E-state index in [9.17, 15) is 14.4 Å². The minimum atomic E-state index is -0.838. The van der Waals surface area contributed by atoms with Crippen LogP contribution in [0.25, 0.3) is 11.0 Å². The van der Waals surface area contributed by atoms with Gasteiger partial charge in [-0.05, 0) is 67.1 Å². The van der Waals surface area contributed by atoms with Crippen LogP contribution < -0.4 is 19.8 Å². The molecule has 37 heavy (non-hydrogen) atoms. The topological polar surface area (TPSA) is 95.3 Å². The maximum atomic E-state index is 13.8. The van der Waals surface area contributed by atoms with Gasteiger partial charge in [0, 0.05) is 10.7 Å². The first kappa shape index (κ1) is 24.4. The Morgan fingerprint density at radius 1 is 0.973 bits per heavy atom. The van der Waals surface area contributed by atoms with Crippen molar-refractivity contribution < 1.29 is 28.2 Å². The Bertz CT molecular complexity index is 1590. The molecule has 0 saturated heterocycles. The van der Waals surface area contributed by atoms with Crippen LogP contribution in [0, 0.1) is 0 Å². The first-order chi connectivity index (χ1) is 17.9. The van der Waals surface area contributed by atoms with Crippen molar-refractivity contribution in [3.8, 4) is 11.5 Å². The molecule has 1 atom stereocenters. The molecule has 0 spiro atoms. The number of carbonyl (C=O) groups excluding carboxylic acids is 2. The normalized spacial score (nSPS) is 14.5. The molecule has 0 aliphatic carbocycles. The zero-order valence-corrected chi connectivity index (χ0v) is 21.0. The second-order valence-electron chi connectivity index (χ2n) is 8.27. The fourth-order valence-corrected chi connectivity index (χ4v) is 4.69. The molecule has 188 valence electrons. The van der Waals surface area contributed by atoms with Crippen molar-refractivity contribution in [3.05, 3.63) is 98.4 Å². The molecule has 1 unspecified atom stereocenters. The van der Waals surface area contributed by atoms with Gasteiger partial charge in [0.15, 0.2) is 16.9 Å². The van der Waals surface area contributed by atoms with Gasteiger partial charge in [-0.25, -0.2) is 4.79 Å². The van der Waals surface area contributed by atoms with Gasteiger partial charge < -0.3 is 18.6 Å². The number of ether oxygens (including phenoxy) is 3. The van der Waals surface area contributed by atoms with Crippen molar-refractivity contribution in [2.24, 2.45) is 0 Å². The van der Waals surface area contributed by atoms with E-state index in [1.54, 1.807) is 61.5 Å². The molecule has 4 aromatic rings. The number of anilines is 1. The smallest absolute Gasteiger partial charge is 0.338 e. The van der Waals surface area contributed by atoms with E-state index in [4.69, 9.17) is 30.2 Å². The number of benzene rings is 3. The minimum Gasteiger partial charge on any atom is -0.493 e. The van der Waals surface area contributed by atoms with E-state index in [-0.39, 0.29) is 34.3 Å². The van der Waals surface area contributed by atoms with Crippen molar-refractivity contribution in [2.45, 2.75) is 13.0 Å². The van der Waals surface area contributed by atoms with Gasteiger partial charge in [0.05, 0.1) is 43.4 Å². The third-order valence-corrected chi connectivity index (χ3v) is 6.45. The van der Waals surface area contributed by atoms with E-state index in [1.165, 1.54) is 25.2 Å². The second kappa shape index (κ2) is 9.63. The van der Waals surface area contributed by atoms with Crippen molar-refractivity contribution in [2.75, 3.05) is 25.7 Å². The Morgan fingerprint density at radius 2 is 1.70 bits per heavy atom. The predicted molar refractivity (Wildman–Crippen MR) is 138 cm³/mol. The maximum Gasteiger partial charge on any atom is 0.338 e. The summed E-state index contributed by atoms with van der Waals surface area (Å²) in [6, 6.07) is 15.4. The molecule has 5 rings (SSSR count). The van der Waals surface area contributed by atoms with Crippen molar-refractivity contribution in [3.63, 3.8) is 0 Å². The van der Waals surface area contributed by atoms with Crippen molar-refractivity contribution >= 4 is 40.1 Å². The SMILES string of the molecule is CCOC(=O)c1ccc(N2C(=O)c3oc4ccc(Cl)cc4c(=O)c3C2c2ccc(OC)c(OC)c2)cc1. The highest BCUT2D eigenvalue weighted by atomic mass is 35.5. The van der Waals surface area contributed by atoms with Gasteiger partial charge in [-0.2, -0.15) is 0 Å². The largest absolute Gasteiger partial charge is 0.493 e. The minimum absolute atomic E-state index is 0.0610. The molecule has 2 heterocycles. The number of carbonyl (C=O) groups is 2. The Hall–Kier alpha value is -4.30. The summed E-state index contributed by atoms with van der Waals surface area (Å²) in [6.45, 7) is 1.97. The molecular weight excluding hydrogens is 498 g/mol. The third-order valence-electron chi connectivity index (χ3n) is 6.21. The molecule has 0 radical (unpaired) electrons. The van der Waals surface area contributed by atoms with E-state index in [1.807, 2.05) is 0 Å². The van der Waals surface area contributed by atoms with E-state index in [0.717, 1.165) is 0 Å². The predicted octanol–water partition coefficient (Wildman–Crippen LogP) is 5.39. The highest BCUT2D eigenvalue weighted by Gasteiger charge is 2.44. The van der Waals surface area contributed by atoms with E-state index in [0.29, 0.717) is 33.3 Å². The molecule has 0 N–H and O–H groups in total. The van der Waals surface area contributed by atoms with E-state index < -0.39 is 17.9 Å². The number of rotatable bonds is 6. The standard InChI is InChI=1S/C28H22ClNO7/c1-4-36-28(33)15-5-9-18(10-6-15)30-24(16-7-11-21(34-2)22(13-16)35-3)23-25(31)19-14-17(29)8-12-20(19)37-26(23)27(30)32/h5-14,24H,4H2,1-3H3. The third kappa shape index (κ3) is 4.09. The number of halogens is 1. The number of hydrogen-bond donors (Lipinski definition) is 0. The number of fused-ring (bicyclic) bond motifs is 2. The van der Waals surface area contributed by atoms with Crippen LogP contribution in [0.5, 0.6) is 11.5 Å². The van der Waals surface area contributed by atoms with Crippen LogP contribution in [0.4, 0.5) is 5.69 Å². The zero-order chi connectivity index (χ0) is 26.3. The number of amides is 1. The lowest BCUT2D eigenvalue weighted by Crippen LogP contribution is -2.29. The Morgan fingerprint density at radius 3 is 2.38 bits per heavy atom. The average molecular weight is 520 g/mol. The average Bonchev–Trinajstić information content (AvgIpc) is 3.21. The fourth-order valence-electron chi connectivity index (χ4n) is 4.52. The zero-order valence-electron chi connectivity index (χ0n) is 20.2. The summed E-state index contributed by atoms with van der Waals surface area (Å²) < 4.78 is 21.9. The Balaban J connectivity index is 1.73. The highest BCUT2D eigenvalue weighted by Crippen LogP contribution is 2.43. The number of esters is 1. The number of hydrogen-bond acceptors (Lipinski definition) is 7.